The van der Waals surface area contributed by atoms with Crippen molar-refractivity contribution in [3.63, 3.8) is 0 Å². The molecule has 1 nitrogen and oxygen atoms in total. The maximum atomic E-state index is 12.3. The molecular formula is C14H17BrOS2. The quantitative estimate of drug-likeness (QED) is 0.818. The summed E-state index contributed by atoms with van der Waals surface area (Å²) in [6.07, 6.45) is 0.554. The number of ketones is 1. The van der Waals surface area contributed by atoms with Crippen LogP contribution in [-0.2, 0) is 11.2 Å². The molecule has 0 N–H and O–H groups in total. The molecule has 3 atom stereocenters. The minimum absolute atomic E-state index is 0.167. The van der Waals surface area contributed by atoms with Gasteiger partial charge in [-0.1, -0.05) is 41.9 Å². The van der Waals surface area contributed by atoms with E-state index in [1.165, 1.54) is 0 Å². The number of rotatable bonds is 3. The van der Waals surface area contributed by atoms with Gasteiger partial charge in [0.05, 0.1) is 5.25 Å². The molecule has 1 aromatic carbocycles. The summed E-state index contributed by atoms with van der Waals surface area (Å²) in [4.78, 5) is 12.3. The van der Waals surface area contributed by atoms with Crippen LogP contribution < -0.4 is 0 Å². The normalized spacial score (nSPS) is 28.1. The molecular weight excluding hydrogens is 328 g/mol. The zero-order chi connectivity index (χ0) is 13.1. The van der Waals surface area contributed by atoms with Gasteiger partial charge in [-0.2, -0.15) is 11.8 Å². The first kappa shape index (κ1) is 14.5. The van der Waals surface area contributed by atoms with Crippen LogP contribution in [0.3, 0.4) is 0 Å². The Kier molecular flexibility index (Phi) is 5.22. The van der Waals surface area contributed by atoms with Crippen LogP contribution in [0.4, 0.5) is 0 Å². The molecule has 0 spiro atoms. The minimum atomic E-state index is 0.167. The number of carbonyl (C=O) groups excluding carboxylic acids is 1. The summed E-state index contributed by atoms with van der Waals surface area (Å²) in [5.41, 5.74) is 1.10. The van der Waals surface area contributed by atoms with Gasteiger partial charge in [-0.15, -0.1) is 11.8 Å². The van der Waals surface area contributed by atoms with Gasteiger partial charge in [0.2, 0.25) is 0 Å². The van der Waals surface area contributed by atoms with Crippen molar-refractivity contribution in [1.82, 2.24) is 0 Å². The third kappa shape index (κ3) is 3.78. The van der Waals surface area contributed by atoms with Gasteiger partial charge in [0.1, 0.15) is 0 Å². The van der Waals surface area contributed by atoms with Gasteiger partial charge in [-0.3, -0.25) is 4.79 Å². The number of carbonyl (C=O) groups is 1. The van der Waals surface area contributed by atoms with Gasteiger partial charge in [-0.05, 0) is 17.7 Å². The van der Waals surface area contributed by atoms with Crippen LogP contribution in [0.1, 0.15) is 19.4 Å². The van der Waals surface area contributed by atoms with Gasteiger partial charge in [-0.25, -0.2) is 0 Å². The fourth-order valence-corrected chi connectivity index (χ4v) is 5.25. The number of hydrogen-bond acceptors (Lipinski definition) is 3. The topological polar surface area (TPSA) is 17.1 Å². The van der Waals surface area contributed by atoms with Crippen molar-refractivity contribution in [2.75, 3.05) is 5.75 Å². The van der Waals surface area contributed by atoms with Crippen molar-refractivity contribution < 1.29 is 4.79 Å². The molecule has 1 aromatic rings. The molecule has 1 fully saturated rings. The number of Topliss-reactive ketones (excluding diaryl/α,β-unsaturated/α-hetero) is 1. The summed E-state index contributed by atoms with van der Waals surface area (Å²) in [7, 11) is 0. The lowest BCUT2D eigenvalue weighted by Gasteiger charge is -2.30. The molecule has 0 amide bonds. The second kappa shape index (κ2) is 6.49. The number of hydrogen-bond donors (Lipinski definition) is 0. The van der Waals surface area contributed by atoms with E-state index < -0.39 is 0 Å². The third-order valence-corrected chi connectivity index (χ3v) is 7.11. The Morgan fingerprint density at radius 3 is 2.83 bits per heavy atom. The van der Waals surface area contributed by atoms with E-state index in [-0.39, 0.29) is 5.25 Å². The monoisotopic (exact) mass is 344 g/mol. The molecule has 0 aliphatic carbocycles. The molecule has 98 valence electrons. The molecule has 1 heterocycles. The standard InChI is InChI=1S/C14H17BrOS2/c1-9-10(2)18-14(8-17-9)13(16)7-11-4-3-5-12(15)6-11/h3-6,9-10,14H,7-8H2,1-2H3. The van der Waals surface area contributed by atoms with Crippen molar-refractivity contribution in [2.45, 2.75) is 36.0 Å². The Hall–Kier alpha value is 0.0700. The van der Waals surface area contributed by atoms with Crippen LogP contribution in [-0.4, -0.2) is 27.3 Å². The lowest BCUT2D eigenvalue weighted by atomic mass is 10.1. The summed E-state index contributed by atoms with van der Waals surface area (Å²) < 4.78 is 1.04. The molecule has 3 unspecified atom stereocenters. The second-order valence-electron chi connectivity index (χ2n) is 4.64. The fraction of sp³-hybridized carbons (Fsp3) is 0.500. The van der Waals surface area contributed by atoms with Crippen molar-refractivity contribution in [2.24, 2.45) is 0 Å². The van der Waals surface area contributed by atoms with Crippen LogP contribution in [0.25, 0.3) is 0 Å². The van der Waals surface area contributed by atoms with Crippen molar-refractivity contribution >= 4 is 45.2 Å². The van der Waals surface area contributed by atoms with Gasteiger partial charge in [0.25, 0.3) is 0 Å². The van der Waals surface area contributed by atoms with E-state index in [0.717, 1.165) is 15.8 Å². The summed E-state index contributed by atoms with van der Waals surface area (Å²) in [6.45, 7) is 4.47. The molecule has 1 saturated heterocycles. The van der Waals surface area contributed by atoms with Crippen LogP contribution in [0.15, 0.2) is 28.7 Å². The smallest absolute Gasteiger partial charge is 0.151 e. The predicted octanol–water partition coefficient (Wildman–Crippen LogP) is 4.19. The van der Waals surface area contributed by atoms with Gasteiger partial charge < -0.3 is 0 Å². The fourth-order valence-electron chi connectivity index (χ4n) is 1.91. The zero-order valence-corrected chi connectivity index (χ0v) is 13.8. The first-order valence-electron chi connectivity index (χ1n) is 6.10. The Morgan fingerprint density at radius 2 is 2.17 bits per heavy atom. The lowest BCUT2D eigenvalue weighted by Crippen LogP contribution is -2.32. The molecule has 0 radical (unpaired) electrons. The average Bonchev–Trinajstić information content (AvgIpc) is 2.32. The van der Waals surface area contributed by atoms with Crippen LogP contribution >= 0.6 is 39.5 Å². The Bertz CT molecular complexity index is 436. The molecule has 0 aromatic heterocycles. The van der Waals surface area contributed by atoms with Crippen LogP contribution in [0, 0.1) is 0 Å². The van der Waals surface area contributed by atoms with Crippen LogP contribution in [0.2, 0.25) is 0 Å². The van der Waals surface area contributed by atoms with Gasteiger partial charge >= 0.3 is 0 Å². The molecule has 18 heavy (non-hydrogen) atoms. The number of thioether (sulfide) groups is 2. The van der Waals surface area contributed by atoms with E-state index in [2.05, 4.69) is 29.8 Å². The maximum absolute atomic E-state index is 12.3. The summed E-state index contributed by atoms with van der Waals surface area (Å²) >= 11 is 7.21. The van der Waals surface area contributed by atoms with E-state index in [9.17, 15) is 4.79 Å². The van der Waals surface area contributed by atoms with E-state index in [0.29, 0.717) is 22.7 Å². The molecule has 1 aliphatic rings. The highest BCUT2D eigenvalue weighted by Gasteiger charge is 2.29. The SMILES string of the molecule is CC1SCC(C(=O)Cc2cccc(Br)c2)SC1C. The van der Waals surface area contributed by atoms with Crippen LogP contribution in [0.5, 0.6) is 0 Å². The van der Waals surface area contributed by atoms with Crippen molar-refractivity contribution in [3.8, 4) is 0 Å². The number of benzene rings is 1. The summed E-state index contributed by atoms with van der Waals surface area (Å²) in [5.74, 6) is 1.33. The Labute approximate surface area is 126 Å². The largest absolute Gasteiger partial charge is 0.298 e. The highest BCUT2D eigenvalue weighted by atomic mass is 79.9. The third-order valence-electron chi connectivity index (χ3n) is 3.18. The van der Waals surface area contributed by atoms with Crippen molar-refractivity contribution in [3.05, 3.63) is 34.3 Å². The van der Waals surface area contributed by atoms with E-state index >= 15 is 0 Å². The zero-order valence-electron chi connectivity index (χ0n) is 10.6. The molecule has 1 aliphatic heterocycles. The molecule has 4 heteroatoms. The first-order chi connectivity index (χ1) is 8.56. The van der Waals surface area contributed by atoms with Gasteiger partial charge in [0.15, 0.2) is 5.78 Å². The molecule has 0 saturated carbocycles. The highest BCUT2D eigenvalue weighted by Crippen LogP contribution is 2.36. The Morgan fingerprint density at radius 1 is 1.39 bits per heavy atom. The maximum Gasteiger partial charge on any atom is 0.151 e. The molecule has 2 rings (SSSR count). The van der Waals surface area contributed by atoms with Gasteiger partial charge in [0, 0.05) is 27.1 Å². The number of halogens is 1. The first-order valence-corrected chi connectivity index (χ1v) is 8.89. The Balaban J connectivity index is 1.96. The predicted molar refractivity (Wildman–Crippen MR) is 85.6 cm³/mol. The second-order valence-corrected chi connectivity index (χ2v) is 8.55. The van der Waals surface area contributed by atoms with Crippen molar-refractivity contribution in [1.29, 1.82) is 0 Å². The van der Waals surface area contributed by atoms with E-state index in [1.807, 2.05) is 47.8 Å². The summed E-state index contributed by atoms with van der Waals surface area (Å²) in [6, 6.07) is 8.03. The van der Waals surface area contributed by atoms with E-state index in [1.54, 1.807) is 0 Å². The molecule has 0 bridgehead atoms. The summed E-state index contributed by atoms with van der Waals surface area (Å²) in [5, 5.41) is 1.39. The minimum Gasteiger partial charge on any atom is -0.298 e. The average molecular weight is 345 g/mol. The van der Waals surface area contributed by atoms with E-state index in [4.69, 9.17) is 0 Å². The lowest BCUT2D eigenvalue weighted by molar-refractivity contribution is -0.117. The highest BCUT2D eigenvalue weighted by molar-refractivity contribution is 9.10.